The lowest BCUT2D eigenvalue weighted by Gasteiger charge is -2.41. The molecule has 0 saturated heterocycles. The molecule has 0 aromatic carbocycles. The Kier molecular flexibility index (Phi) is 5.02. The van der Waals surface area contributed by atoms with Crippen LogP contribution >= 0.6 is 0 Å². The molecule has 2 aliphatic carbocycles. The first kappa shape index (κ1) is 18.2. The SMILES string of the molecule is C[C@@H]1CC[C@@H](c2cc(=O)c3c(C(N)=O)nccc3[nH]2)[C@H](C2CCCCC2)C1. The molecule has 2 fully saturated rings. The molecule has 1 amide bonds. The lowest BCUT2D eigenvalue weighted by molar-refractivity contribution is 0.0997. The molecule has 2 aromatic heterocycles. The monoisotopic (exact) mass is 367 g/mol. The fourth-order valence-electron chi connectivity index (χ4n) is 5.50. The lowest BCUT2D eigenvalue weighted by Crippen LogP contribution is -2.31. The fraction of sp³-hybridized carbons (Fsp3) is 0.591. The van der Waals surface area contributed by atoms with E-state index in [-0.39, 0.29) is 11.1 Å². The number of carbonyl (C=O) groups excluding carboxylic acids is 1. The molecule has 0 unspecified atom stereocenters. The van der Waals surface area contributed by atoms with Gasteiger partial charge in [-0.1, -0.05) is 45.4 Å². The summed E-state index contributed by atoms with van der Waals surface area (Å²) in [5, 5.41) is 0.312. The standard InChI is InChI=1S/C22H29N3O2/c1-13-7-8-15(16(11-13)14-5-3-2-4-6-14)18-12-19(26)20-17(25-18)9-10-24-21(20)22(23)27/h9-10,12-16H,2-8,11H2,1H3,(H2,23,27)(H,25,26)/t13-,15-,16+/m1/s1. The number of nitrogens with zero attached hydrogens (tertiary/aromatic N) is 1. The molecule has 144 valence electrons. The van der Waals surface area contributed by atoms with Crippen LogP contribution in [-0.2, 0) is 0 Å². The van der Waals surface area contributed by atoms with Crippen molar-refractivity contribution in [2.45, 2.75) is 64.2 Å². The predicted octanol–water partition coefficient (Wildman–Crippen LogP) is 4.12. The van der Waals surface area contributed by atoms with Crippen molar-refractivity contribution in [3.05, 3.63) is 39.9 Å². The van der Waals surface area contributed by atoms with Gasteiger partial charge in [-0.25, -0.2) is 0 Å². The van der Waals surface area contributed by atoms with Gasteiger partial charge in [0.1, 0.15) is 5.69 Å². The van der Waals surface area contributed by atoms with Crippen LogP contribution in [0.3, 0.4) is 0 Å². The number of aromatic amines is 1. The number of amides is 1. The van der Waals surface area contributed by atoms with E-state index in [0.717, 1.165) is 24.0 Å². The number of fused-ring (bicyclic) bond motifs is 1. The van der Waals surface area contributed by atoms with Crippen molar-refractivity contribution >= 4 is 16.8 Å². The highest BCUT2D eigenvalue weighted by Gasteiger charge is 2.36. The molecule has 0 bridgehead atoms. The third-order valence-electron chi connectivity index (χ3n) is 6.81. The molecule has 2 aromatic rings. The van der Waals surface area contributed by atoms with Gasteiger partial charge in [0.25, 0.3) is 5.91 Å². The summed E-state index contributed by atoms with van der Waals surface area (Å²) in [7, 11) is 0. The second kappa shape index (κ2) is 7.45. The van der Waals surface area contributed by atoms with Crippen molar-refractivity contribution in [1.82, 2.24) is 9.97 Å². The van der Waals surface area contributed by atoms with Crippen LogP contribution in [0.1, 0.15) is 80.4 Å². The van der Waals surface area contributed by atoms with Gasteiger partial charge < -0.3 is 10.7 Å². The van der Waals surface area contributed by atoms with Gasteiger partial charge in [0.15, 0.2) is 5.43 Å². The van der Waals surface area contributed by atoms with Crippen LogP contribution in [0.4, 0.5) is 0 Å². The summed E-state index contributed by atoms with van der Waals surface area (Å²) in [5.41, 5.74) is 7.01. The molecule has 3 atom stereocenters. The Morgan fingerprint density at radius 2 is 1.96 bits per heavy atom. The van der Waals surface area contributed by atoms with Gasteiger partial charge in [0.05, 0.1) is 10.9 Å². The van der Waals surface area contributed by atoms with Gasteiger partial charge in [-0.3, -0.25) is 14.6 Å². The average Bonchev–Trinajstić information content (AvgIpc) is 2.68. The van der Waals surface area contributed by atoms with Gasteiger partial charge in [-0.15, -0.1) is 0 Å². The number of pyridine rings is 2. The fourth-order valence-corrected chi connectivity index (χ4v) is 5.50. The highest BCUT2D eigenvalue weighted by molar-refractivity contribution is 6.03. The minimum Gasteiger partial charge on any atom is -0.364 e. The molecule has 3 N–H and O–H groups in total. The third kappa shape index (κ3) is 3.52. The molecular formula is C22H29N3O2. The quantitative estimate of drug-likeness (QED) is 0.855. The predicted molar refractivity (Wildman–Crippen MR) is 107 cm³/mol. The highest BCUT2D eigenvalue weighted by atomic mass is 16.1. The Morgan fingerprint density at radius 3 is 2.70 bits per heavy atom. The summed E-state index contributed by atoms with van der Waals surface area (Å²) in [6.45, 7) is 2.36. The molecule has 0 radical (unpaired) electrons. The van der Waals surface area contributed by atoms with Crippen molar-refractivity contribution in [2.24, 2.45) is 23.5 Å². The molecule has 5 heteroatoms. The Balaban J connectivity index is 1.75. The maximum Gasteiger partial charge on any atom is 0.268 e. The van der Waals surface area contributed by atoms with E-state index in [2.05, 4.69) is 16.9 Å². The third-order valence-corrected chi connectivity index (χ3v) is 6.81. The molecule has 2 heterocycles. The van der Waals surface area contributed by atoms with E-state index in [0.29, 0.717) is 22.7 Å². The molecule has 0 spiro atoms. The maximum atomic E-state index is 12.8. The lowest BCUT2D eigenvalue weighted by atomic mass is 9.64. The zero-order chi connectivity index (χ0) is 19.0. The second-order valence-electron chi connectivity index (χ2n) is 8.62. The van der Waals surface area contributed by atoms with E-state index in [1.807, 2.05) is 0 Å². The Labute approximate surface area is 159 Å². The Morgan fingerprint density at radius 1 is 1.19 bits per heavy atom. The summed E-state index contributed by atoms with van der Waals surface area (Å²) in [5.74, 6) is 1.90. The smallest absolute Gasteiger partial charge is 0.268 e. The number of aromatic nitrogens is 2. The van der Waals surface area contributed by atoms with E-state index in [4.69, 9.17) is 5.73 Å². The summed E-state index contributed by atoms with van der Waals surface area (Å²) in [4.78, 5) is 32.0. The molecule has 5 nitrogen and oxygen atoms in total. The number of carbonyl (C=O) groups is 1. The summed E-state index contributed by atoms with van der Waals surface area (Å²) in [6.07, 6.45) is 11.8. The first-order valence-electron chi connectivity index (χ1n) is 10.4. The minimum atomic E-state index is -0.662. The van der Waals surface area contributed by atoms with Crippen LogP contribution < -0.4 is 11.2 Å². The normalized spacial score (nSPS) is 26.9. The summed E-state index contributed by atoms with van der Waals surface area (Å²) >= 11 is 0. The molecule has 4 rings (SSSR count). The zero-order valence-corrected chi connectivity index (χ0v) is 16.0. The minimum absolute atomic E-state index is 0.0568. The number of hydrogen-bond donors (Lipinski definition) is 2. The van der Waals surface area contributed by atoms with E-state index in [1.165, 1.54) is 44.9 Å². The van der Waals surface area contributed by atoms with Crippen LogP contribution in [0.5, 0.6) is 0 Å². The van der Waals surface area contributed by atoms with Crippen molar-refractivity contribution in [2.75, 3.05) is 0 Å². The van der Waals surface area contributed by atoms with E-state index in [9.17, 15) is 9.59 Å². The Hall–Kier alpha value is -2.17. The number of H-pyrrole nitrogens is 1. The molecule has 2 aliphatic rings. The first-order chi connectivity index (χ1) is 13.0. The van der Waals surface area contributed by atoms with Gasteiger partial charge in [0, 0.05) is 23.9 Å². The van der Waals surface area contributed by atoms with Gasteiger partial charge >= 0.3 is 0 Å². The number of nitrogens with two attached hydrogens (primary N) is 1. The second-order valence-corrected chi connectivity index (χ2v) is 8.62. The zero-order valence-electron chi connectivity index (χ0n) is 16.0. The highest BCUT2D eigenvalue weighted by Crippen LogP contribution is 2.47. The van der Waals surface area contributed by atoms with Crippen LogP contribution in [-0.4, -0.2) is 15.9 Å². The first-order valence-corrected chi connectivity index (χ1v) is 10.4. The average molecular weight is 367 g/mol. The van der Waals surface area contributed by atoms with Crippen molar-refractivity contribution < 1.29 is 4.79 Å². The number of hydrogen-bond acceptors (Lipinski definition) is 3. The maximum absolute atomic E-state index is 12.8. The molecule has 27 heavy (non-hydrogen) atoms. The topological polar surface area (TPSA) is 88.8 Å². The number of nitrogens with one attached hydrogen (secondary N) is 1. The van der Waals surface area contributed by atoms with Crippen molar-refractivity contribution in [3.8, 4) is 0 Å². The van der Waals surface area contributed by atoms with Gasteiger partial charge in [0.2, 0.25) is 0 Å². The van der Waals surface area contributed by atoms with Crippen LogP contribution in [0.25, 0.3) is 10.9 Å². The molecule has 2 saturated carbocycles. The molecular weight excluding hydrogens is 338 g/mol. The van der Waals surface area contributed by atoms with Crippen LogP contribution in [0, 0.1) is 17.8 Å². The summed E-state index contributed by atoms with van der Waals surface area (Å²) in [6, 6.07) is 3.47. The Bertz CT molecular complexity index is 898. The van der Waals surface area contributed by atoms with Gasteiger partial charge in [-0.05, 0) is 36.7 Å². The molecule has 0 aliphatic heterocycles. The van der Waals surface area contributed by atoms with Crippen LogP contribution in [0.15, 0.2) is 23.1 Å². The van der Waals surface area contributed by atoms with Gasteiger partial charge in [-0.2, -0.15) is 0 Å². The van der Waals surface area contributed by atoms with E-state index < -0.39 is 5.91 Å². The van der Waals surface area contributed by atoms with Crippen LogP contribution in [0.2, 0.25) is 0 Å². The largest absolute Gasteiger partial charge is 0.364 e. The van der Waals surface area contributed by atoms with Crippen molar-refractivity contribution in [1.29, 1.82) is 0 Å². The number of primary amides is 1. The van der Waals surface area contributed by atoms with E-state index >= 15 is 0 Å². The van der Waals surface area contributed by atoms with Crippen molar-refractivity contribution in [3.63, 3.8) is 0 Å². The number of rotatable bonds is 3. The summed E-state index contributed by atoms with van der Waals surface area (Å²) < 4.78 is 0. The van der Waals surface area contributed by atoms with E-state index in [1.54, 1.807) is 18.3 Å².